The number of hydrogen-bond donors (Lipinski definition) is 2. The number of pyridine rings is 1. The zero-order valence-corrected chi connectivity index (χ0v) is 11.2. The van der Waals surface area contributed by atoms with Gasteiger partial charge in [0.25, 0.3) is 5.69 Å². The van der Waals surface area contributed by atoms with Crippen LogP contribution < -0.4 is 16.2 Å². The molecule has 7 nitrogen and oxygen atoms in total. The molecule has 3 N–H and O–H groups in total. The summed E-state index contributed by atoms with van der Waals surface area (Å²) in [5.41, 5.74) is 4.24. The van der Waals surface area contributed by atoms with E-state index in [4.69, 9.17) is 5.84 Å². The van der Waals surface area contributed by atoms with Crippen molar-refractivity contribution < 1.29 is 4.92 Å². The van der Waals surface area contributed by atoms with Crippen molar-refractivity contribution in [2.24, 2.45) is 5.84 Å². The average Bonchev–Trinajstić information content (AvgIpc) is 2.46. The molecule has 0 saturated carbocycles. The average molecular weight is 273 g/mol. The summed E-state index contributed by atoms with van der Waals surface area (Å²) in [4.78, 5) is 16.5. The Hall–Kier alpha value is -2.67. The maximum atomic E-state index is 10.9. The molecule has 0 aliphatic heterocycles. The summed E-state index contributed by atoms with van der Waals surface area (Å²) in [6.45, 7) is 1.96. The number of nitrogens with one attached hydrogen (secondary N) is 1. The van der Waals surface area contributed by atoms with Crippen LogP contribution in [0.5, 0.6) is 0 Å². The normalized spacial score (nSPS) is 10.2. The van der Waals surface area contributed by atoms with Crippen LogP contribution in [0.2, 0.25) is 0 Å². The number of benzene rings is 1. The molecule has 0 radical (unpaired) electrons. The molecule has 0 atom stereocenters. The molecule has 1 aromatic carbocycles. The van der Waals surface area contributed by atoms with Gasteiger partial charge in [0.15, 0.2) is 0 Å². The van der Waals surface area contributed by atoms with Crippen molar-refractivity contribution in [3.8, 4) is 0 Å². The number of nitrogens with zero attached hydrogens (tertiary/aromatic N) is 3. The van der Waals surface area contributed by atoms with Gasteiger partial charge in [-0.3, -0.25) is 10.1 Å². The van der Waals surface area contributed by atoms with Crippen LogP contribution in [0.4, 0.5) is 23.0 Å². The molecule has 104 valence electrons. The van der Waals surface area contributed by atoms with E-state index in [2.05, 4.69) is 10.4 Å². The van der Waals surface area contributed by atoms with E-state index in [-0.39, 0.29) is 11.5 Å². The molecule has 7 heteroatoms. The Bertz CT molecular complexity index is 644. The summed E-state index contributed by atoms with van der Waals surface area (Å²) >= 11 is 0. The number of hydrazine groups is 1. The lowest BCUT2D eigenvalue weighted by Gasteiger charge is -2.20. The Morgan fingerprint density at radius 2 is 2.05 bits per heavy atom. The third-order valence-electron chi connectivity index (χ3n) is 2.98. The van der Waals surface area contributed by atoms with Gasteiger partial charge in [0.1, 0.15) is 11.6 Å². The van der Waals surface area contributed by atoms with Gasteiger partial charge in [-0.1, -0.05) is 18.2 Å². The number of anilines is 3. The fourth-order valence-corrected chi connectivity index (χ4v) is 1.92. The number of aromatic nitrogens is 1. The van der Waals surface area contributed by atoms with Crippen LogP contribution in [-0.4, -0.2) is 17.0 Å². The molecule has 0 saturated heterocycles. The molecule has 0 unspecified atom stereocenters. The monoisotopic (exact) mass is 273 g/mol. The standard InChI is InChI=1S/C13H15N5O2/c1-9-5-3-4-6-11(9)17(2)13-8-10(18(19)20)7-12(15-13)16-14/h3-8H,14H2,1-2H3,(H,15,16). The van der Waals surface area contributed by atoms with Crippen molar-refractivity contribution in [3.63, 3.8) is 0 Å². The number of hydrogen-bond acceptors (Lipinski definition) is 6. The first-order valence-corrected chi connectivity index (χ1v) is 5.95. The summed E-state index contributed by atoms with van der Waals surface area (Å²) in [6.07, 6.45) is 0. The predicted molar refractivity (Wildman–Crippen MR) is 77.9 cm³/mol. The minimum absolute atomic E-state index is 0.0663. The summed E-state index contributed by atoms with van der Waals surface area (Å²) in [5, 5.41) is 10.9. The van der Waals surface area contributed by atoms with E-state index in [9.17, 15) is 10.1 Å². The lowest BCUT2D eigenvalue weighted by atomic mass is 10.2. The number of nitrogen functional groups attached to an aromatic ring is 1. The van der Waals surface area contributed by atoms with Gasteiger partial charge in [0, 0.05) is 12.7 Å². The largest absolute Gasteiger partial charge is 0.329 e. The van der Waals surface area contributed by atoms with Gasteiger partial charge in [-0.05, 0) is 18.6 Å². The maximum Gasteiger partial charge on any atom is 0.276 e. The van der Waals surface area contributed by atoms with Gasteiger partial charge in [-0.25, -0.2) is 10.8 Å². The Morgan fingerprint density at radius 3 is 2.65 bits per heavy atom. The van der Waals surface area contributed by atoms with Crippen LogP contribution in [0, 0.1) is 17.0 Å². The van der Waals surface area contributed by atoms with Gasteiger partial charge >= 0.3 is 0 Å². The zero-order chi connectivity index (χ0) is 14.7. The number of aryl methyl sites for hydroxylation is 1. The molecule has 0 aliphatic rings. The smallest absolute Gasteiger partial charge is 0.276 e. The van der Waals surface area contributed by atoms with E-state index >= 15 is 0 Å². The highest BCUT2D eigenvalue weighted by molar-refractivity contribution is 5.66. The molecule has 0 amide bonds. The SMILES string of the molecule is Cc1ccccc1N(C)c1cc([N+](=O)[O-])cc(NN)n1. The van der Waals surface area contributed by atoms with Crippen LogP contribution >= 0.6 is 0 Å². The Labute approximate surface area is 116 Å². The molecule has 0 spiro atoms. The van der Waals surface area contributed by atoms with E-state index < -0.39 is 4.92 Å². The predicted octanol–water partition coefficient (Wildman–Crippen LogP) is 2.35. The van der Waals surface area contributed by atoms with Gasteiger partial charge < -0.3 is 10.3 Å². The fourth-order valence-electron chi connectivity index (χ4n) is 1.92. The highest BCUT2D eigenvalue weighted by Crippen LogP contribution is 2.29. The van der Waals surface area contributed by atoms with Crippen molar-refractivity contribution in [2.75, 3.05) is 17.4 Å². The molecular weight excluding hydrogens is 258 g/mol. The quantitative estimate of drug-likeness (QED) is 0.504. The second-order valence-electron chi connectivity index (χ2n) is 4.32. The van der Waals surface area contributed by atoms with Crippen molar-refractivity contribution in [3.05, 3.63) is 52.1 Å². The minimum Gasteiger partial charge on any atom is -0.329 e. The Kier molecular flexibility index (Phi) is 3.81. The number of rotatable bonds is 4. The van der Waals surface area contributed by atoms with Crippen LogP contribution in [0.15, 0.2) is 36.4 Å². The van der Waals surface area contributed by atoms with Crippen molar-refractivity contribution in [1.82, 2.24) is 4.98 Å². The molecule has 0 aliphatic carbocycles. The Balaban J connectivity index is 2.49. The van der Waals surface area contributed by atoms with Crippen molar-refractivity contribution in [2.45, 2.75) is 6.92 Å². The van der Waals surface area contributed by atoms with Crippen LogP contribution in [0.3, 0.4) is 0 Å². The van der Waals surface area contributed by atoms with Crippen molar-refractivity contribution in [1.29, 1.82) is 0 Å². The lowest BCUT2D eigenvalue weighted by molar-refractivity contribution is -0.384. The van der Waals surface area contributed by atoms with E-state index in [0.29, 0.717) is 5.82 Å². The van der Waals surface area contributed by atoms with Crippen LogP contribution in [0.25, 0.3) is 0 Å². The number of nitrogens with two attached hydrogens (primary N) is 1. The lowest BCUT2D eigenvalue weighted by Crippen LogP contribution is -2.15. The second kappa shape index (κ2) is 5.54. The summed E-state index contributed by atoms with van der Waals surface area (Å²) in [7, 11) is 1.80. The highest BCUT2D eigenvalue weighted by Gasteiger charge is 2.15. The zero-order valence-electron chi connectivity index (χ0n) is 11.2. The fraction of sp³-hybridized carbons (Fsp3) is 0.154. The molecule has 1 heterocycles. The molecule has 0 fully saturated rings. The van der Waals surface area contributed by atoms with Crippen LogP contribution in [-0.2, 0) is 0 Å². The summed E-state index contributed by atoms with van der Waals surface area (Å²) in [6, 6.07) is 10.4. The molecule has 2 rings (SSSR count). The topological polar surface area (TPSA) is 97.3 Å². The van der Waals surface area contributed by atoms with Crippen LogP contribution in [0.1, 0.15) is 5.56 Å². The number of nitro groups is 1. The summed E-state index contributed by atoms with van der Waals surface area (Å²) in [5.74, 6) is 5.99. The second-order valence-corrected chi connectivity index (χ2v) is 4.32. The molecule has 20 heavy (non-hydrogen) atoms. The van der Waals surface area contributed by atoms with E-state index in [1.165, 1.54) is 12.1 Å². The van der Waals surface area contributed by atoms with E-state index in [1.54, 1.807) is 11.9 Å². The first kappa shape index (κ1) is 13.8. The molecule has 1 aromatic heterocycles. The first-order valence-electron chi connectivity index (χ1n) is 5.95. The van der Waals surface area contributed by atoms with Gasteiger partial charge in [0.2, 0.25) is 0 Å². The van der Waals surface area contributed by atoms with E-state index in [1.807, 2.05) is 31.2 Å². The van der Waals surface area contributed by atoms with Crippen molar-refractivity contribution >= 4 is 23.0 Å². The van der Waals surface area contributed by atoms with Gasteiger partial charge in [-0.2, -0.15) is 0 Å². The third kappa shape index (κ3) is 2.67. The molecule has 2 aromatic rings. The first-order chi connectivity index (χ1) is 9.52. The highest BCUT2D eigenvalue weighted by atomic mass is 16.6. The molecule has 0 bridgehead atoms. The maximum absolute atomic E-state index is 10.9. The van der Waals surface area contributed by atoms with E-state index in [0.717, 1.165) is 11.3 Å². The third-order valence-corrected chi connectivity index (χ3v) is 2.98. The number of para-hydroxylation sites is 1. The Morgan fingerprint density at radius 1 is 1.35 bits per heavy atom. The van der Waals surface area contributed by atoms with Gasteiger partial charge in [0.05, 0.1) is 17.1 Å². The minimum atomic E-state index is -0.474. The molecular formula is C13H15N5O2. The van der Waals surface area contributed by atoms with Gasteiger partial charge in [-0.15, -0.1) is 0 Å². The summed E-state index contributed by atoms with van der Waals surface area (Å²) < 4.78 is 0.